The van der Waals surface area contributed by atoms with E-state index in [2.05, 4.69) is 49.3 Å². The van der Waals surface area contributed by atoms with Gasteiger partial charge in [-0.15, -0.1) is 0 Å². The summed E-state index contributed by atoms with van der Waals surface area (Å²) >= 11 is 0. The average Bonchev–Trinajstić information content (AvgIpc) is 3.32. The predicted octanol–water partition coefficient (Wildman–Crippen LogP) is 3.56. The SMILES string of the molecule is CC(C)N1CCC(Oc2ccc3c(c2)cc(C(=O)N2CCOCC2)n3C(C)C)C1. The van der Waals surface area contributed by atoms with Crippen molar-refractivity contribution in [2.45, 2.75) is 52.3 Å². The maximum atomic E-state index is 13.2. The summed E-state index contributed by atoms with van der Waals surface area (Å²) in [6.45, 7) is 13.3. The third kappa shape index (κ3) is 4.14. The molecule has 4 rings (SSSR count). The third-order valence-corrected chi connectivity index (χ3v) is 6.05. The number of rotatable bonds is 5. The van der Waals surface area contributed by atoms with Gasteiger partial charge in [0.05, 0.1) is 13.2 Å². The summed E-state index contributed by atoms with van der Waals surface area (Å²) in [6, 6.07) is 9.00. The molecule has 3 heterocycles. The van der Waals surface area contributed by atoms with Crippen molar-refractivity contribution < 1.29 is 14.3 Å². The van der Waals surface area contributed by atoms with E-state index < -0.39 is 0 Å². The highest BCUT2D eigenvalue weighted by Crippen LogP contribution is 2.30. The third-order valence-electron chi connectivity index (χ3n) is 6.05. The van der Waals surface area contributed by atoms with Crippen LogP contribution in [0.5, 0.6) is 5.75 Å². The Hall–Kier alpha value is -2.05. The number of ether oxygens (including phenoxy) is 2. The molecule has 6 nitrogen and oxygen atoms in total. The van der Waals surface area contributed by atoms with Gasteiger partial charge in [-0.2, -0.15) is 0 Å². The molecule has 0 radical (unpaired) electrons. The first-order valence-corrected chi connectivity index (χ1v) is 10.9. The molecular formula is C23H33N3O3. The van der Waals surface area contributed by atoms with Crippen LogP contribution >= 0.6 is 0 Å². The number of benzene rings is 1. The predicted molar refractivity (Wildman–Crippen MR) is 115 cm³/mol. The van der Waals surface area contributed by atoms with E-state index in [-0.39, 0.29) is 18.1 Å². The number of fused-ring (bicyclic) bond motifs is 1. The van der Waals surface area contributed by atoms with Gasteiger partial charge < -0.3 is 18.9 Å². The van der Waals surface area contributed by atoms with Crippen molar-refractivity contribution in [3.05, 3.63) is 30.0 Å². The molecule has 2 aliphatic rings. The van der Waals surface area contributed by atoms with Gasteiger partial charge in [-0.1, -0.05) is 0 Å². The van der Waals surface area contributed by atoms with Gasteiger partial charge in [0.1, 0.15) is 17.5 Å². The first kappa shape index (κ1) is 20.2. The molecule has 0 bridgehead atoms. The first-order valence-electron chi connectivity index (χ1n) is 10.9. The standard InChI is InChI=1S/C23H33N3O3/c1-16(2)25-8-7-20(15-25)29-19-5-6-21-18(13-19)14-22(26(21)17(3)4)23(27)24-9-11-28-12-10-24/h5-6,13-14,16-17,20H,7-12,15H2,1-4H3. The summed E-state index contributed by atoms with van der Waals surface area (Å²) in [4.78, 5) is 17.5. The second-order valence-electron chi connectivity index (χ2n) is 8.74. The summed E-state index contributed by atoms with van der Waals surface area (Å²) in [5.74, 6) is 0.975. The molecule has 1 unspecified atom stereocenters. The molecule has 2 aromatic rings. The zero-order valence-corrected chi connectivity index (χ0v) is 18.1. The van der Waals surface area contributed by atoms with Gasteiger partial charge >= 0.3 is 0 Å². The van der Waals surface area contributed by atoms with Crippen molar-refractivity contribution in [3.63, 3.8) is 0 Å². The molecular weight excluding hydrogens is 366 g/mol. The molecule has 29 heavy (non-hydrogen) atoms. The normalized spacial score (nSPS) is 20.9. The number of hydrogen-bond donors (Lipinski definition) is 0. The van der Waals surface area contributed by atoms with Gasteiger partial charge in [-0.05, 0) is 58.4 Å². The number of likely N-dealkylation sites (tertiary alicyclic amines) is 1. The molecule has 2 fully saturated rings. The van der Waals surface area contributed by atoms with Crippen LogP contribution in [0.15, 0.2) is 24.3 Å². The zero-order valence-electron chi connectivity index (χ0n) is 18.1. The molecule has 158 valence electrons. The van der Waals surface area contributed by atoms with Crippen molar-refractivity contribution >= 4 is 16.8 Å². The maximum absolute atomic E-state index is 13.2. The second-order valence-corrected chi connectivity index (χ2v) is 8.74. The van der Waals surface area contributed by atoms with Gasteiger partial charge in [0, 0.05) is 49.2 Å². The summed E-state index contributed by atoms with van der Waals surface area (Å²) < 4.78 is 13.8. The largest absolute Gasteiger partial charge is 0.489 e. The summed E-state index contributed by atoms with van der Waals surface area (Å²) in [6.07, 6.45) is 1.29. The minimum absolute atomic E-state index is 0.0871. The Morgan fingerprint density at radius 2 is 1.83 bits per heavy atom. The highest BCUT2D eigenvalue weighted by Gasteiger charge is 2.27. The van der Waals surface area contributed by atoms with Crippen molar-refractivity contribution in [3.8, 4) is 5.75 Å². The Morgan fingerprint density at radius 1 is 1.07 bits per heavy atom. The van der Waals surface area contributed by atoms with E-state index in [4.69, 9.17) is 9.47 Å². The lowest BCUT2D eigenvalue weighted by Crippen LogP contribution is -2.41. The number of hydrogen-bond acceptors (Lipinski definition) is 4. The lowest BCUT2D eigenvalue weighted by molar-refractivity contribution is 0.0295. The topological polar surface area (TPSA) is 46.9 Å². The molecule has 2 aliphatic heterocycles. The molecule has 2 saturated heterocycles. The Labute approximate surface area is 173 Å². The van der Waals surface area contributed by atoms with Crippen LogP contribution in [0.2, 0.25) is 0 Å². The van der Waals surface area contributed by atoms with E-state index in [1.807, 2.05) is 17.0 Å². The Kier molecular flexibility index (Phi) is 5.83. The van der Waals surface area contributed by atoms with Crippen molar-refractivity contribution in [1.29, 1.82) is 0 Å². The quantitative estimate of drug-likeness (QED) is 0.771. The van der Waals surface area contributed by atoms with E-state index in [1.165, 1.54) is 0 Å². The summed E-state index contributed by atoms with van der Waals surface area (Å²) in [7, 11) is 0. The Bertz CT molecular complexity index is 868. The van der Waals surface area contributed by atoms with Crippen LogP contribution in [0.25, 0.3) is 10.9 Å². The fraction of sp³-hybridized carbons (Fsp3) is 0.609. The number of aromatic nitrogens is 1. The lowest BCUT2D eigenvalue weighted by Gasteiger charge is -2.27. The van der Waals surface area contributed by atoms with Crippen LogP contribution in [-0.2, 0) is 4.74 Å². The van der Waals surface area contributed by atoms with Crippen LogP contribution in [-0.4, -0.2) is 71.8 Å². The summed E-state index contributed by atoms with van der Waals surface area (Å²) in [5.41, 5.74) is 1.83. The fourth-order valence-corrected chi connectivity index (χ4v) is 4.45. The van der Waals surface area contributed by atoms with Gasteiger partial charge in [-0.25, -0.2) is 0 Å². The first-order chi connectivity index (χ1) is 13.9. The monoisotopic (exact) mass is 399 g/mol. The van der Waals surface area contributed by atoms with Gasteiger partial charge in [0.2, 0.25) is 0 Å². The molecule has 1 aromatic heterocycles. The average molecular weight is 400 g/mol. The molecule has 0 aliphatic carbocycles. The highest BCUT2D eigenvalue weighted by molar-refractivity contribution is 5.99. The number of morpholine rings is 1. The van der Waals surface area contributed by atoms with Crippen molar-refractivity contribution in [2.24, 2.45) is 0 Å². The molecule has 6 heteroatoms. The fourth-order valence-electron chi connectivity index (χ4n) is 4.45. The van der Waals surface area contributed by atoms with Gasteiger partial charge in [0.15, 0.2) is 0 Å². The minimum atomic E-state index is 0.0871. The molecule has 1 atom stereocenters. The van der Waals surface area contributed by atoms with Gasteiger partial charge in [-0.3, -0.25) is 9.69 Å². The molecule has 0 saturated carbocycles. The van der Waals surface area contributed by atoms with Crippen LogP contribution in [0.3, 0.4) is 0 Å². The number of carbonyl (C=O) groups is 1. The highest BCUT2D eigenvalue weighted by atomic mass is 16.5. The molecule has 0 spiro atoms. The van der Waals surface area contributed by atoms with E-state index in [0.717, 1.165) is 41.9 Å². The second kappa shape index (κ2) is 8.36. The van der Waals surface area contributed by atoms with Crippen LogP contribution in [0.1, 0.15) is 50.6 Å². The summed E-state index contributed by atoms with van der Waals surface area (Å²) in [5, 5.41) is 1.06. The van der Waals surface area contributed by atoms with E-state index in [0.29, 0.717) is 32.3 Å². The van der Waals surface area contributed by atoms with E-state index >= 15 is 0 Å². The molecule has 1 aromatic carbocycles. The van der Waals surface area contributed by atoms with Crippen LogP contribution in [0.4, 0.5) is 0 Å². The number of carbonyl (C=O) groups excluding carboxylic acids is 1. The maximum Gasteiger partial charge on any atom is 0.270 e. The Morgan fingerprint density at radius 3 is 2.48 bits per heavy atom. The zero-order chi connectivity index (χ0) is 20.5. The minimum Gasteiger partial charge on any atom is -0.489 e. The van der Waals surface area contributed by atoms with E-state index in [9.17, 15) is 4.79 Å². The lowest BCUT2D eigenvalue weighted by atomic mass is 10.2. The number of nitrogens with zero attached hydrogens (tertiary/aromatic N) is 3. The number of amides is 1. The van der Waals surface area contributed by atoms with E-state index in [1.54, 1.807) is 0 Å². The van der Waals surface area contributed by atoms with Crippen molar-refractivity contribution in [1.82, 2.24) is 14.4 Å². The Balaban J connectivity index is 1.59. The smallest absolute Gasteiger partial charge is 0.270 e. The van der Waals surface area contributed by atoms with Crippen LogP contribution < -0.4 is 4.74 Å². The van der Waals surface area contributed by atoms with Crippen molar-refractivity contribution in [2.75, 3.05) is 39.4 Å². The van der Waals surface area contributed by atoms with Gasteiger partial charge in [0.25, 0.3) is 5.91 Å². The molecule has 1 amide bonds. The van der Waals surface area contributed by atoms with Crippen LogP contribution in [0, 0.1) is 0 Å². The molecule has 0 N–H and O–H groups in total.